The highest BCUT2D eigenvalue weighted by molar-refractivity contribution is 5.99. The normalized spacial score (nSPS) is 12.1. The predicted molar refractivity (Wildman–Crippen MR) is 97.5 cm³/mol. The van der Waals surface area contributed by atoms with Gasteiger partial charge in [-0.05, 0) is 36.8 Å². The molecule has 3 aromatic rings. The number of imidazole rings is 1. The van der Waals surface area contributed by atoms with Crippen molar-refractivity contribution in [2.45, 2.75) is 13.1 Å². The molecule has 0 spiro atoms. The van der Waals surface area contributed by atoms with Crippen LogP contribution in [0.4, 0.5) is 24.5 Å². The van der Waals surface area contributed by atoms with E-state index in [2.05, 4.69) is 15.5 Å². The summed E-state index contributed by atoms with van der Waals surface area (Å²) < 4.78 is 40.1. The lowest BCUT2D eigenvalue weighted by molar-refractivity contribution is -0.384. The number of hydrazone groups is 1. The summed E-state index contributed by atoms with van der Waals surface area (Å²) in [6.45, 7) is 1.68. The number of alkyl halides is 3. The fourth-order valence-corrected chi connectivity index (χ4v) is 2.45. The van der Waals surface area contributed by atoms with Crippen molar-refractivity contribution < 1.29 is 18.1 Å². The third-order valence-corrected chi connectivity index (χ3v) is 3.95. The largest absolute Gasteiger partial charge is 0.416 e. The molecular formula is C18H14F3N5O2. The summed E-state index contributed by atoms with van der Waals surface area (Å²) in [7, 11) is 0. The molecule has 3 rings (SSSR count). The molecule has 1 N–H and O–H groups in total. The van der Waals surface area contributed by atoms with E-state index in [1.165, 1.54) is 0 Å². The van der Waals surface area contributed by atoms with Crippen LogP contribution in [0.2, 0.25) is 0 Å². The van der Waals surface area contributed by atoms with Crippen molar-refractivity contribution >= 4 is 17.1 Å². The monoisotopic (exact) mass is 389 g/mol. The number of nitro groups is 1. The van der Waals surface area contributed by atoms with E-state index in [1.807, 2.05) is 16.7 Å². The lowest BCUT2D eigenvalue weighted by atomic mass is 10.1. The summed E-state index contributed by atoms with van der Waals surface area (Å²) in [5.41, 5.74) is 2.68. The molecule has 0 unspecified atom stereocenters. The molecule has 7 nitrogen and oxygen atoms in total. The lowest BCUT2D eigenvalue weighted by Gasteiger charge is -2.09. The van der Waals surface area contributed by atoms with Gasteiger partial charge in [-0.2, -0.15) is 18.3 Å². The van der Waals surface area contributed by atoms with Crippen molar-refractivity contribution in [2.75, 3.05) is 5.43 Å². The standard InChI is InChI=1S/C18H14F3N5O2/c1-12(13-2-5-15(6-3-13)25-9-8-22-11-25)23-24-16-7-4-14(18(19,20)21)10-17(16)26(27)28/h2-11,24H,1H3/b23-12+. The molecule has 2 aromatic carbocycles. The molecule has 10 heteroatoms. The van der Waals surface area contributed by atoms with E-state index >= 15 is 0 Å². The van der Waals surface area contributed by atoms with Crippen LogP contribution >= 0.6 is 0 Å². The predicted octanol–water partition coefficient (Wildman–Crippen LogP) is 4.64. The summed E-state index contributed by atoms with van der Waals surface area (Å²) in [6, 6.07) is 9.52. The van der Waals surface area contributed by atoms with Gasteiger partial charge in [0.1, 0.15) is 5.69 Å². The maximum atomic E-state index is 12.8. The molecule has 1 aromatic heterocycles. The number of benzene rings is 2. The number of aromatic nitrogens is 2. The topological polar surface area (TPSA) is 85.4 Å². The zero-order chi connectivity index (χ0) is 20.3. The SMILES string of the molecule is C/C(=N\Nc1ccc(C(F)(F)F)cc1[N+](=O)[O-])c1ccc(-n2ccnc2)cc1. The second kappa shape index (κ2) is 7.51. The molecule has 28 heavy (non-hydrogen) atoms. The van der Waals surface area contributed by atoms with Crippen molar-refractivity contribution in [3.63, 3.8) is 0 Å². The van der Waals surface area contributed by atoms with E-state index < -0.39 is 22.4 Å². The van der Waals surface area contributed by atoms with Crippen molar-refractivity contribution in [1.29, 1.82) is 0 Å². The first kappa shape index (κ1) is 19.1. The van der Waals surface area contributed by atoms with Crippen LogP contribution in [0.5, 0.6) is 0 Å². The van der Waals surface area contributed by atoms with Gasteiger partial charge in [0.2, 0.25) is 0 Å². The van der Waals surface area contributed by atoms with Gasteiger partial charge in [-0.25, -0.2) is 4.98 Å². The summed E-state index contributed by atoms with van der Waals surface area (Å²) >= 11 is 0. The summed E-state index contributed by atoms with van der Waals surface area (Å²) in [5, 5.41) is 15.2. The Morgan fingerprint density at radius 2 is 1.93 bits per heavy atom. The molecule has 0 fully saturated rings. The average molecular weight is 389 g/mol. The quantitative estimate of drug-likeness (QED) is 0.391. The molecular weight excluding hydrogens is 375 g/mol. The van der Waals surface area contributed by atoms with Gasteiger partial charge < -0.3 is 4.57 Å². The van der Waals surface area contributed by atoms with E-state index in [1.54, 1.807) is 37.8 Å². The Labute approximate surface area is 157 Å². The Morgan fingerprint density at radius 1 is 1.21 bits per heavy atom. The number of nitrogens with zero attached hydrogens (tertiary/aromatic N) is 4. The molecule has 0 radical (unpaired) electrons. The first-order valence-corrected chi connectivity index (χ1v) is 8.00. The zero-order valence-corrected chi connectivity index (χ0v) is 14.5. The minimum atomic E-state index is -4.67. The molecule has 0 aliphatic carbocycles. The molecule has 0 amide bonds. The summed E-state index contributed by atoms with van der Waals surface area (Å²) in [5.74, 6) is 0. The minimum Gasteiger partial charge on any atom is -0.306 e. The second-order valence-electron chi connectivity index (χ2n) is 5.81. The van der Waals surface area contributed by atoms with Crippen molar-refractivity contribution in [3.8, 4) is 5.69 Å². The van der Waals surface area contributed by atoms with E-state index in [9.17, 15) is 23.3 Å². The van der Waals surface area contributed by atoms with Gasteiger partial charge in [-0.1, -0.05) is 12.1 Å². The molecule has 0 aliphatic rings. The van der Waals surface area contributed by atoms with Crippen LogP contribution < -0.4 is 5.43 Å². The smallest absolute Gasteiger partial charge is 0.306 e. The zero-order valence-electron chi connectivity index (χ0n) is 14.5. The number of halogens is 3. The minimum absolute atomic E-state index is 0.132. The van der Waals surface area contributed by atoms with Gasteiger partial charge in [0.05, 0.1) is 22.5 Å². The van der Waals surface area contributed by atoms with Crippen molar-refractivity contribution in [3.05, 3.63) is 82.4 Å². The number of nitro benzene ring substituents is 1. The first-order valence-electron chi connectivity index (χ1n) is 8.00. The van der Waals surface area contributed by atoms with Crippen LogP contribution in [0.15, 0.2) is 66.3 Å². The highest BCUT2D eigenvalue weighted by Crippen LogP contribution is 2.35. The van der Waals surface area contributed by atoms with E-state index in [0.717, 1.165) is 23.4 Å². The van der Waals surface area contributed by atoms with Gasteiger partial charge in [0.15, 0.2) is 0 Å². The Hall–Kier alpha value is -3.69. The number of nitrogens with one attached hydrogen (secondary N) is 1. The maximum absolute atomic E-state index is 12.8. The maximum Gasteiger partial charge on any atom is 0.416 e. The van der Waals surface area contributed by atoms with Crippen LogP contribution in [0.1, 0.15) is 18.1 Å². The molecule has 0 bridgehead atoms. The van der Waals surface area contributed by atoms with Crippen LogP contribution in [0, 0.1) is 10.1 Å². The summed E-state index contributed by atoms with van der Waals surface area (Å²) in [4.78, 5) is 14.2. The van der Waals surface area contributed by atoms with Crippen molar-refractivity contribution in [2.24, 2.45) is 5.10 Å². The van der Waals surface area contributed by atoms with Gasteiger partial charge in [0, 0.05) is 24.1 Å². The van der Waals surface area contributed by atoms with Gasteiger partial charge in [-0.3, -0.25) is 15.5 Å². The summed E-state index contributed by atoms with van der Waals surface area (Å²) in [6.07, 6.45) is 0.434. The molecule has 144 valence electrons. The number of anilines is 1. The van der Waals surface area contributed by atoms with Gasteiger partial charge >= 0.3 is 6.18 Å². The van der Waals surface area contributed by atoms with Gasteiger partial charge in [0.25, 0.3) is 5.69 Å². The average Bonchev–Trinajstić information content (AvgIpc) is 3.20. The molecule has 0 aliphatic heterocycles. The Balaban J connectivity index is 1.82. The van der Waals surface area contributed by atoms with E-state index in [0.29, 0.717) is 11.8 Å². The highest BCUT2D eigenvalue weighted by Gasteiger charge is 2.33. The van der Waals surface area contributed by atoms with Crippen LogP contribution in [0.25, 0.3) is 5.69 Å². The van der Waals surface area contributed by atoms with Crippen LogP contribution in [-0.2, 0) is 6.18 Å². The number of rotatable bonds is 5. The molecule has 0 saturated carbocycles. The van der Waals surface area contributed by atoms with E-state index in [-0.39, 0.29) is 5.69 Å². The Kier molecular flexibility index (Phi) is 5.12. The molecule has 0 saturated heterocycles. The Bertz CT molecular complexity index is 1010. The Morgan fingerprint density at radius 3 is 2.50 bits per heavy atom. The number of hydrogen-bond donors (Lipinski definition) is 1. The van der Waals surface area contributed by atoms with Crippen LogP contribution in [-0.4, -0.2) is 20.2 Å². The fraction of sp³-hybridized carbons (Fsp3) is 0.111. The molecule has 1 heterocycles. The second-order valence-corrected chi connectivity index (χ2v) is 5.81. The third-order valence-electron chi connectivity index (χ3n) is 3.95. The number of hydrogen-bond acceptors (Lipinski definition) is 5. The fourth-order valence-electron chi connectivity index (χ4n) is 2.45. The van der Waals surface area contributed by atoms with Crippen LogP contribution in [0.3, 0.4) is 0 Å². The molecule has 0 atom stereocenters. The van der Waals surface area contributed by atoms with Crippen molar-refractivity contribution in [1.82, 2.24) is 9.55 Å². The van der Waals surface area contributed by atoms with Gasteiger partial charge in [-0.15, -0.1) is 0 Å². The first-order chi connectivity index (χ1) is 13.3. The lowest BCUT2D eigenvalue weighted by Crippen LogP contribution is -2.07. The van der Waals surface area contributed by atoms with E-state index in [4.69, 9.17) is 0 Å². The highest BCUT2D eigenvalue weighted by atomic mass is 19.4. The third kappa shape index (κ3) is 4.17.